The van der Waals surface area contributed by atoms with Gasteiger partial charge in [-0.15, -0.1) is 0 Å². The Morgan fingerprint density at radius 2 is 1.79 bits per heavy atom. The summed E-state index contributed by atoms with van der Waals surface area (Å²) in [7, 11) is 0. The van der Waals surface area contributed by atoms with E-state index in [-0.39, 0.29) is 11.9 Å². The summed E-state index contributed by atoms with van der Waals surface area (Å²) in [6.07, 6.45) is 4.09. The van der Waals surface area contributed by atoms with Crippen molar-refractivity contribution in [3.63, 3.8) is 0 Å². The molecule has 0 saturated carbocycles. The largest absolute Gasteiger partial charge is 0.489 e. The highest BCUT2D eigenvalue weighted by Crippen LogP contribution is 2.35. The summed E-state index contributed by atoms with van der Waals surface area (Å²) in [6, 6.07) is 18.6. The number of amides is 1. The van der Waals surface area contributed by atoms with Gasteiger partial charge < -0.3 is 19.9 Å². The van der Waals surface area contributed by atoms with Gasteiger partial charge >= 0.3 is 0 Å². The van der Waals surface area contributed by atoms with Crippen LogP contribution in [-0.4, -0.2) is 49.6 Å². The number of hydrogen-bond donors (Lipinski definition) is 1. The van der Waals surface area contributed by atoms with Crippen LogP contribution in [0.3, 0.4) is 0 Å². The van der Waals surface area contributed by atoms with Crippen molar-refractivity contribution in [1.82, 2.24) is 10.2 Å². The molecule has 1 amide bonds. The van der Waals surface area contributed by atoms with Gasteiger partial charge in [0, 0.05) is 13.1 Å². The van der Waals surface area contributed by atoms with Gasteiger partial charge in [-0.25, -0.2) is 0 Å². The second kappa shape index (κ2) is 9.79. The highest BCUT2D eigenvalue weighted by molar-refractivity contribution is 5.77. The van der Waals surface area contributed by atoms with E-state index in [1.165, 1.54) is 31.5 Å². The van der Waals surface area contributed by atoms with Crippen LogP contribution in [0.5, 0.6) is 5.75 Å². The predicted molar refractivity (Wildman–Crippen MR) is 116 cm³/mol. The second-order valence-corrected chi connectivity index (χ2v) is 8.00. The van der Waals surface area contributed by atoms with Gasteiger partial charge in [0.1, 0.15) is 12.4 Å². The minimum atomic E-state index is 0.0312. The van der Waals surface area contributed by atoms with Crippen molar-refractivity contribution in [2.24, 2.45) is 0 Å². The van der Waals surface area contributed by atoms with E-state index in [0.717, 1.165) is 37.5 Å². The fourth-order valence-corrected chi connectivity index (χ4v) is 4.28. The molecule has 2 aliphatic rings. The zero-order chi connectivity index (χ0) is 19.9. The molecule has 5 nitrogen and oxygen atoms in total. The van der Waals surface area contributed by atoms with Crippen molar-refractivity contribution in [2.75, 3.05) is 37.7 Å². The van der Waals surface area contributed by atoms with Gasteiger partial charge in [0.15, 0.2) is 0 Å². The predicted octanol–water partition coefficient (Wildman–Crippen LogP) is 3.45. The number of likely N-dealkylation sites (tertiary alicyclic amines) is 1. The first-order valence-electron chi connectivity index (χ1n) is 10.8. The van der Waals surface area contributed by atoms with Crippen LogP contribution in [0.15, 0.2) is 54.6 Å². The smallest absolute Gasteiger partial charge is 0.222 e. The first-order chi connectivity index (χ1) is 14.3. The van der Waals surface area contributed by atoms with Gasteiger partial charge in [-0.1, -0.05) is 42.5 Å². The first kappa shape index (κ1) is 19.8. The van der Waals surface area contributed by atoms with Gasteiger partial charge in [-0.3, -0.25) is 4.79 Å². The maximum atomic E-state index is 12.6. The zero-order valence-electron chi connectivity index (χ0n) is 17.1. The van der Waals surface area contributed by atoms with Gasteiger partial charge in [0.2, 0.25) is 5.91 Å². The standard InChI is InChI=1S/C24H31N3O2/c28-24(25-13-8-16-26-14-6-7-15-26)17-21-19-29-23-12-5-4-11-22(23)27(21)18-20-9-2-1-3-10-20/h1-5,9-12,21H,6-8,13-19H2,(H,25,28). The van der Waals surface area contributed by atoms with E-state index in [2.05, 4.69) is 45.4 Å². The van der Waals surface area contributed by atoms with Crippen LogP contribution in [0.25, 0.3) is 0 Å². The molecule has 5 heteroatoms. The number of rotatable bonds is 8. The maximum Gasteiger partial charge on any atom is 0.222 e. The molecular weight excluding hydrogens is 362 g/mol. The highest BCUT2D eigenvalue weighted by atomic mass is 16.5. The highest BCUT2D eigenvalue weighted by Gasteiger charge is 2.29. The molecule has 2 heterocycles. The van der Waals surface area contributed by atoms with Gasteiger partial charge in [0.05, 0.1) is 18.2 Å². The lowest BCUT2D eigenvalue weighted by Crippen LogP contribution is -2.45. The molecule has 0 bridgehead atoms. The molecule has 1 saturated heterocycles. The van der Waals surface area contributed by atoms with Gasteiger partial charge in [-0.05, 0) is 56.6 Å². The topological polar surface area (TPSA) is 44.8 Å². The van der Waals surface area contributed by atoms with Crippen LogP contribution >= 0.6 is 0 Å². The number of benzene rings is 2. The molecule has 4 rings (SSSR count). The first-order valence-corrected chi connectivity index (χ1v) is 10.8. The molecule has 0 aromatic heterocycles. The van der Waals surface area contributed by atoms with Crippen LogP contribution in [0, 0.1) is 0 Å². The minimum absolute atomic E-state index is 0.0312. The Morgan fingerprint density at radius 3 is 2.62 bits per heavy atom. The summed E-state index contributed by atoms with van der Waals surface area (Å²) in [5, 5.41) is 3.11. The summed E-state index contributed by atoms with van der Waals surface area (Å²) < 4.78 is 5.97. The van der Waals surface area contributed by atoms with E-state index in [9.17, 15) is 4.79 Å². The lowest BCUT2D eigenvalue weighted by atomic mass is 10.1. The number of fused-ring (bicyclic) bond motifs is 1. The summed E-state index contributed by atoms with van der Waals surface area (Å²) in [6.45, 7) is 5.56. The number of ether oxygens (including phenoxy) is 1. The van der Waals surface area contributed by atoms with Crippen LogP contribution in [-0.2, 0) is 11.3 Å². The Hall–Kier alpha value is -2.53. The SMILES string of the molecule is O=C(CC1COc2ccccc2N1Cc1ccccc1)NCCCN1CCCC1. The Labute approximate surface area is 173 Å². The van der Waals surface area contributed by atoms with Crippen molar-refractivity contribution in [3.8, 4) is 5.75 Å². The molecule has 29 heavy (non-hydrogen) atoms. The molecule has 2 aliphatic heterocycles. The number of para-hydroxylation sites is 2. The molecule has 0 spiro atoms. The third-order valence-corrected chi connectivity index (χ3v) is 5.84. The number of carbonyl (C=O) groups excluding carboxylic acids is 1. The van der Waals surface area contributed by atoms with Crippen LogP contribution in [0.4, 0.5) is 5.69 Å². The van der Waals surface area contributed by atoms with Crippen molar-refractivity contribution in [1.29, 1.82) is 0 Å². The van der Waals surface area contributed by atoms with Gasteiger partial charge in [0.25, 0.3) is 0 Å². The van der Waals surface area contributed by atoms with Crippen LogP contribution in [0.1, 0.15) is 31.2 Å². The Kier molecular flexibility index (Phi) is 6.67. The van der Waals surface area contributed by atoms with Crippen molar-refractivity contribution in [3.05, 3.63) is 60.2 Å². The Balaban J connectivity index is 1.35. The van der Waals surface area contributed by atoms with Gasteiger partial charge in [-0.2, -0.15) is 0 Å². The molecule has 154 valence electrons. The number of nitrogens with one attached hydrogen (secondary N) is 1. The average Bonchev–Trinajstić information content (AvgIpc) is 3.27. The lowest BCUT2D eigenvalue weighted by Gasteiger charge is -2.38. The fraction of sp³-hybridized carbons (Fsp3) is 0.458. The molecule has 2 aromatic rings. The number of hydrogen-bond acceptors (Lipinski definition) is 4. The van der Waals surface area contributed by atoms with E-state index < -0.39 is 0 Å². The normalized spacial score (nSPS) is 18.9. The maximum absolute atomic E-state index is 12.6. The molecule has 1 unspecified atom stereocenters. The van der Waals surface area contributed by atoms with E-state index in [0.29, 0.717) is 13.0 Å². The molecule has 2 aromatic carbocycles. The molecule has 1 N–H and O–H groups in total. The molecule has 1 fully saturated rings. The quantitative estimate of drug-likeness (QED) is 0.698. The van der Waals surface area contributed by atoms with Crippen LogP contribution < -0.4 is 15.0 Å². The Bertz CT molecular complexity index is 790. The number of anilines is 1. The minimum Gasteiger partial charge on any atom is -0.489 e. The molecule has 0 aliphatic carbocycles. The zero-order valence-corrected chi connectivity index (χ0v) is 17.1. The number of carbonyl (C=O) groups is 1. The molecular formula is C24H31N3O2. The van der Waals surface area contributed by atoms with Crippen molar-refractivity contribution < 1.29 is 9.53 Å². The van der Waals surface area contributed by atoms with E-state index in [4.69, 9.17) is 4.74 Å². The summed E-state index contributed by atoms with van der Waals surface area (Å²) in [5.74, 6) is 1.00. The van der Waals surface area contributed by atoms with E-state index in [1.54, 1.807) is 0 Å². The second-order valence-electron chi connectivity index (χ2n) is 8.00. The van der Waals surface area contributed by atoms with E-state index in [1.807, 2.05) is 24.3 Å². The third-order valence-electron chi connectivity index (χ3n) is 5.84. The molecule has 1 atom stereocenters. The lowest BCUT2D eigenvalue weighted by molar-refractivity contribution is -0.121. The molecule has 0 radical (unpaired) electrons. The third kappa shape index (κ3) is 5.30. The monoisotopic (exact) mass is 393 g/mol. The summed E-state index contributed by atoms with van der Waals surface area (Å²) >= 11 is 0. The van der Waals surface area contributed by atoms with Crippen molar-refractivity contribution >= 4 is 11.6 Å². The van der Waals surface area contributed by atoms with Crippen molar-refractivity contribution in [2.45, 2.75) is 38.3 Å². The van der Waals surface area contributed by atoms with Crippen LogP contribution in [0.2, 0.25) is 0 Å². The fourth-order valence-electron chi connectivity index (χ4n) is 4.28. The van der Waals surface area contributed by atoms with E-state index >= 15 is 0 Å². The summed E-state index contributed by atoms with van der Waals surface area (Å²) in [5.41, 5.74) is 2.30. The number of nitrogens with zero attached hydrogens (tertiary/aromatic N) is 2. The Morgan fingerprint density at radius 1 is 1.03 bits per heavy atom. The summed E-state index contributed by atoms with van der Waals surface area (Å²) in [4.78, 5) is 17.4. The average molecular weight is 394 g/mol.